The zero-order valence-electron chi connectivity index (χ0n) is 17.3. The summed E-state index contributed by atoms with van der Waals surface area (Å²) < 4.78 is 0. The molecule has 2 atom stereocenters. The second kappa shape index (κ2) is 17.0. The summed E-state index contributed by atoms with van der Waals surface area (Å²) in [6.45, 7) is 6.36. The molecule has 1 unspecified atom stereocenters. The van der Waals surface area contributed by atoms with Crippen LogP contribution in [-0.4, -0.2) is 23.0 Å². The Balaban J connectivity index is 3.39. The quantitative estimate of drug-likeness (QED) is 0.307. The zero-order chi connectivity index (χ0) is 18.9. The molecule has 0 aromatic heterocycles. The fraction of sp³-hybridized carbons (Fsp3) is 0.955. The number of ketones is 1. The number of hydrogen-bond acceptors (Lipinski definition) is 3. The highest BCUT2D eigenvalue weighted by Gasteiger charge is 2.22. The monoisotopic (exact) mass is 355 g/mol. The van der Waals surface area contributed by atoms with Crippen molar-refractivity contribution >= 4 is 5.78 Å². The van der Waals surface area contributed by atoms with E-state index in [1.165, 1.54) is 70.6 Å². The number of nitrogens with two attached hydrogens (primary N) is 1. The Kier molecular flexibility index (Phi) is 16.7. The van der Waals surface area contributed by atoms with E-state index in [0.29, 0.717) is 18.8 Å². The summed E-state index contributed by atoms with van der Waals surface area (Å²) in [6, 6.07) is -0.503. The average molecular weight is 356 g/mol. The van der Waals surface area contributed by atoms with E-state index < -0.39 is 12.1 Å². The van der Waals surface area contributed by atoms with Gasteiger partial charge in [-0.05, 0) is 18.8 Å². The Morgan fingerprint density at radius 1 is 0.800 bits per heavy atom. The number of hydrogen-bond donors (Lipinski definition) is 2. The molecule has 0 saturated carbocycles. The average Bonchev–Trinajstić information content (AvgIpc) is 2.57. The third kappa shape index (κ3) is 15.6. The first-order valence-corrected chi connectivity index (χ1v) is 11.0. The van der Waals surface area contributed by atoms with E-state index in [9.17, 15) is 9.90 Å². The van der Waals surface area contributed by atoms with Gasteiger partial charge >= 0.3 is 0 Å². The molecular weight excluding hydrogens is 310 g/mol. The molecule has 0 heterocycles. The summed E-state index contributed by atoms with van der Waals surface area (Å²) in [5, 5.41) is 9.95. The maximum absolute atomic E-state index is 12.0. The molecule has 150 valence electrons. The summed E-state index contributed by atoms with van der Waals surface area (Å²) in [6.07, 6.45) is 17.3. The number of aliphatic hydroxyl groups excluding tert-OH is 1. The Labute approximate surface area is 157 Å². The van der Waals surface area contributed by atoms with Crippen LogP contribution < -0.4 is 5.73 Å². The summed E-state index contributed by atoms with van der Waals surface area (Å²) in [7, 11) is 0. The lowest BCUT2D eigenvalue weighted by atomic mass is 9.95. The van der Waals surface area contributed by atoms with Crippen LogP contribution in [0.25, 0.3) is 0 Å². The third-order valence-electron chi connectivity index (χ3n) is 5.00. The maximum Gasteiger partial charge on any atom is 0.177 e. The SMILES string of the molecule is CCCCCCCCCCCCCCCC(O)C(=O)[C@@H](N)CC(C)C. The molecule has 0 bridgehead atoms. The van der Waals surface area contributed by atoms with Crippen molar-refractivity contribution in [3.8, 4) is 0 Å². The summed E-state index contributed by atoms with van der Waals surface area (Å²) >= 11 is 0. The number of carbonyl (C=O) groups is 1. The fourth-order valence-electron chi connectivity index (χ4n) is 3.37. The van der Waals surface area contributed by atoms with Gasteiger partial charge in [0, 0.05) is 0 Å². The molecule has 0 aromatic rings. The minimum Gasteiger partial charge on any atom is -0.385 e. The van der Waals surface area contributed by atoms with Crippen molar-refractivity contribution in [1.29, 1.82) is 0 Å². The van der Waals surface area contributed by atoms with Crippen molar-refractivity contribution in [2.24, 2.45) is 11.7 Å². The Hall–Kier alpha value is -0.410. The summed E-state index contributed by atoms with van der Waals surface area (Å²) in [4.78, 5) is 12.0. The predicted octanol–water partition coefficient (Wildman–Crippen LogP) is 5.77. The van der Waals surface area contributed by atoms with Gasteiger partial charge in [0.05, 0.1) is 6.04 Å². The van der Waals surface area contributed by atoms with E-state index in [-0.39, 0.29) is 5.78 Å². The van der Waals surface area contributed by atoms with Gasteiger partial charge in [0.2, 0.25) is 0 Å². The van der Waals surface area contributed by atoms with Crippen LogP contribution in [0.3, 0.4) is 0 Å². The van der Waals surface area contributed by atoms with Gasteiger partial charge in [-0.2, -0.15) is 0 Å². The van der Waals surface area contributed by atoms with Crippen LogP contribution in [0, 0.1) is 5.92 Å². The predicted molar refractivity (Wildman–Crippen MR) is 109 cm³/mol. The number of carbonyl (C=O) groups excluding carboxylic acids is 1. The van der Waals surface area contributed by atoms with Gasteiger partial charge in [-0.25, -0.2) is 0 Å². The van der Waals surface area contributed by atoms with Crippen molar-refractivity contribution in [3.63, 3.8) is 0 Å². The van der Waals surface area contributed by atoms with Crippen molar-refractivity contribution in [2.45, 2.75) is 129 Å². The van der Waals surface area contributed by atoms with Gasteiger partial charge in [0.25, 0.3) is 0 Å². The molecule has 0 aliphatic carbocycles. The molecule has 3 nitrogen and oxygen atoms in total. The van der Waals surface area contributed by atoms with Crippen LogP contribution in [0.2, 0.25) is 0 Å². The van der Waals surface area contributed by atoms with E-state index in [0.717, 1.165) is 12.8 Å². The van der Waals surface area contributed by atoms with Crippen LogP contribution >= 0.6 is 0 Å². The highest BCUT2D eigenvalue weighted by molar-refractivity contribution is 5.87. The van der Waals surface area contributed by atoms with E-state index >= 15 is 0 Å². The normalized spacial score (nSPS) is 14.0. The van der Waals surface area contributed by atoms with E-state index in [1.807, 2.05) is 13.8 Å². The minimum atomic E-state index is -0.860. The van der Waals surface area contributed by atoms with Gasteiger partial charge in [-0.15, -0.1) is 0 Å². The van der Waals surface area contributed by atoms with Gasteiger partial charge < -0.3 is 10.8 Å². The minimum absolute atomic E-state index is 0.173. The third-order valence-corrected chi connectivity index (χ3v) is 5.00. The molecular formula is C22H45NO2. The molecule has 0 amide bonds. The molecule has 0 spiro atoms. The topological polar surface area (TPSA) is 63.3 Å². The van der Waals surface area contributed by atoms with Crippen LogP contribution in [0.4, 0.5) is 0 Å². The van der Waals surface area contributed by atoms with Crippen LogP contribution in [0.1, 0.15) is 117 Å². The molecule has 0 saturated heterocycles. The van der Waals surface area contributed by atoms with Gasteiger partial charge in [0.15, 0.2) is 5.78 Å². The molecule has 3 N–H and O–H groups in total. The van der Waals surface area contributed by atoms with Crippen LogP contribution in [0.5, 0.6) is 0 Å². The first-order valence-electron chi connectivity index (χ1n) is 11.0. The first kappa shape index (κ1) is 24.6. The van der Waals surface area contributed by atoms with E-state index in [1.54, 1.807) is 0 Å². The van der Waals surface area contributed by atoms with Gasteiger partial charge in [-0.3, -0.25) is 4.79 Å². The molecule has 0 radical (unpaired) electrons. The molecule has 25 heavy (non-hydrogen) atoms. The number of rotatable bonds is 18. The molecule has 0 rings (SSSR count). The smallest absolute Gasteiger partial charge is 0.177 e. The molecule has 0 fully saturated rings. The Morgan fingerprint density at radius 2 is 1.20 bits per heavy atom. The maximum atomic E-state index is 12.0. The van der Waals surface area contributed by atoms with Crippen LogP contribution in [0.15, 0.2) is 0 Å². The molecule has 0 aliphatic rings. The fourth-order valence-corrected chi connectivity index (χ4v) is 3.37. The van der Waals surface area contributed by atoms with Crippen molar-refractivity contribution in [2.75, 3.05) is 0 Å². The van der Waals surface area contributed by atoms with E-state index in [4.69, 9.17) is 5.73 Å². The van der Waals surface area contributed by atoms with Gasteiger partial charge in [0.1, 0.15) is 6.10 Å². The first-order chi connectivity index (χ1) is 12.0. The lowest BCUT2D eigenvalue weighted by Crippen LogP contribution is -2.39. The number of unbranched alkanes of at least 4 members (excludes halogenated alkanes) is 12. The highest BCUT2D eigenvalue weighted by Crippen LogP contribution is 2.14. The van der Waals surface area contributed by atoms with E-state index in [2.05, 4.69) is 6.92 Å². The number of aliphatic hydroxyl groups is 1. The molecule has 3 heteroatoms. The van der Waals surface area contributed by atoms with Gasteiger partial charge in [-0.1, -0.05) is 104 Å². The zero-order valence-corrected chi connectivity index (χ0v) is 17.3. The molecule has 0 aromatic carbocycles. The lowest BCUT2D eigenvalue weighted by Gasteiger charge is -2.17. The largest absolute Gasteiger partial charge is 0.385 e. The van der Waals surface area contributed by atoms with Crippen molar-refractivity contribution in [3.05, 3.63) is 0 Å². The standard InChI is InChI=1S/C22H45NO2/c1-4-5-6-7-8-9-10-11-12-13-14-15-16-17-21(24)22(25)20(23)18-19(2)3/h19-21,24H,4-18,23H2,1-3H3/t20-,21?/m0/s1. The lowest BCUT2D eigenvalue weighted by molar-refractivity contribution is -0.129. The van der Waals surface area contributed by atoms with Crippen LogP contribution in [-0.2, 0) is 4.79 Å². The van der Waals surface area contributed by atoms with Crippen molar-refractivity contribution in [1.82, 2.24) is 0 Å². The molecule has 0 aliphatic heterocycles. The second-order valence-electron chi connectivity index (χ2n) is 8.19. The highest BCUT2D eigenvalue weighted by atomic mass is 16.3. The summed E-state index contributed by atoms with van der Waals surface area (Å²) in [5.74, 6) is 0.218. The Bertz CT molecular complexity index is 304. The summed E-state index contributed by atoms with van der Waals surface area (Å²) in [5.41, 5.74) is 5.85. The van der Waals surface area contributed by atoms with Crippen molar-refractivity contribution < 1.29 is 9.90 Å². The second-order valence-corrected chi connectivity index (χ2v) is 8.19. The Morgan fingerprint density at radius 3 is 1.60 bits per heavy atom. The number of Topliss-reactive ketones (excluding diaryl/α,β-unsaturated/α-hetero) is 1.